The molecule has 0 aliphatic carbocycles. The van der Waals surface area contributed by atoms with E-state index in [-0.39, 0.29) is 5.91 Å². The molecular weight excluding hydrogens is 458 g/mol. The van der Waals surface area contributed by atoms with E-state index in [0.29, 0.717) is 30.6 Å². The van der Waals surface area contributed by atoms with Gasteiger partial charge in [0.2, 0.25) is 0 Å². The van der Waals surface area contributed by atoms with Crippen molar-refractivity contribution in [2.75, 3.05) is 33.4 Å². The molecule has 3 rings (SSSR count). The zero-order valence-corrected chi connectivity index (χ0v) is 24.5. The van der Waals surface area contributed by atoms with Crippen molar-refractivity contribution in [1.29, 1.82) is 0 Å². The minimum absolute atomic E-state index is 0.0280. The molecule has 2 fully saturated rings. The zero-order valence-electron chi connectivity index (χ0n) is 24.5. The van der Waals surface area contributed by atoms with Crippen molar-refractivity contribution >= 4 is 5.91 Å². The second-order valence-electron chi connectivity index (χ2n) is 11.6. The third-order valence-corrected chi connectivity index (χ3v) is 8.66. The van der Waals surface area contributed by atoms with E-state index < -0.39 is 0 Å². The molecule has 2 aliphatic heterocycles. The molecule has 2 heterocycles. The fourth-order valence-electron chi connectivity index (χ4n) is 6.09. The van der Waals surface area contributed by atoms with Crippen molar-refractivity contribution in [1.82, 2.24) is 15.1 Å². The Bertz CT molecular complexity index is 849. The Morgan fingerprint density at radius 1 is 1.05 bits per heavy atom. The first-order valence-corrected chi connectivity index (χ1v) is 15.0. The minimum atomic E-state index is 0.0280. The lowest BCUT2D eigenvalue weighted by Crippen LogP contribution is -2.45. The number of nitrogens with one attached hydrogen (secondary N) is 1. The van der Waals surface area contributed by atoms with Crippen LogP contribution in [-0.4, -0.2) is 67.2 Å². The number of ether oxygens (including phenoxy) is 1. The number of morpholine rings is 1. The molecule has 2 saturated heterocycles. The van der Waals surface area contributed by atoms with Gasteiger partial charge in [-0.2, -0.15) is 0 Å². The molecule has 2 aliphatic rings. The van der Waals surface area contributed by atoms with E-state index in [0.717, 1.165) is 44.7 Å². The number of hydrogen-bond acceptors (Lipinski definition) is 4. The van der Waals surface area contributed by atoms with Crippen LogP contribution in [0.5, 0.6) is 0 Å². The largest absolute Gasteiger partial charge is 0.378 e. The number of fused-ring (bicyclic) bond motifs is 2. The Hall–Kier alpha value is -1.69. The summed E-state index contributed by atoms with van der Waals surface area (Å²) in [5, 5.41) is 3.17. The van der Waals surface area contributed by atoms with Gasteiger partial charge in [0, 0.05) is 43.3 Å². The normalized spacial score (nSPS) is 22.1. The van der Waals surface area contributed by atoms with Crippen molar-refractivity contribution in [3.05, 3.63) is 46.5 Å². The summed E-state index contributed by atoms with van der Waals surface area (Å²) in [6, 6.07) is 9.82. The highest BCUT2D eigenvalue weighted by atomic mass is 16.5. The molecule has 0 spiro atoms. The van der Waals surface area contributed by atoms with Crippen LogP contribution >= 0.6 is 0 Å². The predicted molar refractivity (Wildman–Crippen MR) is 155 cm³/mol. The Labute approximate surface area is 227 Å². The van der Waals surface area contributed by atoms with E-state index in [1.54, 1.807) is 11.1 Å². The van der Waals surface area contributed by atoms with Crippen LogP contribution in [0.4, 0.5) is 0 Å². The van der Waals surface area contributed by atoms with Gasteiger partial charge in [-0.3, -0.25) is 9.69 Å². The third kappa shape index (κ3) is 8.66. The number of nitrogens with zero attached hydrogens (tertiary/aromatic N) is 2. The zero-order chi connectivity index (χ0) is 26.8. The lowest BCUT2D eigenvalue weighted by Gasteiger charge is -2.34. The lowest BCUT2D eigenvalue weighted by atomic mass is 9.93. The SMILES string of the molecule is CCCC/C(CC)=C(\CC)CC(C)N(C)CC(C)CNC(=O)c1ccc(CN2C3CCC2COC3)cc1. The minimum Gasteiger partial charge on any atom is -0.378 e. The highest BCUT2D eigenvalue weighted by molar-refractivity contribution is 5.94. The first-order valence-electron chi connectivity index (χ1n) is 15.0. The highest BCUT2D eigenvalue weighted by Gasteiger charge is 2.37. The van der Waals surface area contributed by atoms with Crippen LogP contribution in [0.3, 0.4) is 0 Å². The monoisotopic (exact) mass is 511 g/mol. The summed E-state index contributed by atoms with van der Waals surface area (Å²) in [6.07, 6.45) is 9.78. The maximum Gasteiger partial charge on any atom is 0.251 e. The molecule has 1 aromatic carbocycles. The standard InChI is InChI=1S/C32H53N3O2/c1-7-10-11-27(8-2)28(9-3)18-25(5)34(6)20-24(4)19-33-32(36)29-14-12-26(13-15-29)21-35-30-16-17-31(35)23-37-22-30/h12-15,24-25,30-31H,7-11,16-23H2,1-6H3,(H,33,36)/b28-27+. The average Bonchev–Trinajstić information content (AvgIpc) is 3.11. The van der Waals surface area contributed by atoms with E-state index in [9.17, 15) is 4.79 Å². The highest BCUT2D eigenvalue weighted by Crippen LogP contribution is 2.30. The van der Waals surface area contributed by atoms with Gasteiger partial charge < -0.3 is 15.0 Å². The van der Waals surface area contributed by atoms with Gasteiger partial charge in [-0.1, -0.05) is 57.4 Å². The number of amides is 1. The number of carbonyl (C=O) groups is 1. The van der Waals surface area contributed by atoms with E-state index in [1.165, 1.54) is 44.1 Å². The van der Waals surface area contributed by atoms with Crippen LogP contribution in [0, 0.1) is 5.92 Å². The summed E-state index contributed by atoms with van der Waals surface area (Å²) < 4.78 is 5.71. The van der Waals surface area contributed by atoms with Gasteiger partial charge in [-0.05, 0) is 82.5 Å². The summed E-state index contributed by atoms with van der Waals surface area (Å²) in [4.78, 5) is 17.9. The molecule has 5 nitrogen and oxygen atoms in total. The van der Waals surface area contributed by atoms with Gasteiger partial charge in [0.05, 0.1) is 13.2 Å². The number of hydrogen-bond donors (Lipinski definition) is 1. The third-order valence-electron chi connectivity index (χ3n) is 8.66. The molecule has 5 heteroatoms. The summed E-state index contributed by atoms with van der Waals surface area (Å²) in [6.45, 7) is 15.8. The summed E-state index contributed by atoms with van der Waals surface area (Å²) in [7, 11) is 2.23. The van der Waals surface area contributed by atoms with Crippen LogP contribution in [0.15, 0.2) is 35.4 Å². The molecule has 1 N–H and O–H groups in total. The maximum absolute atomic E-state index is 12.8. The maximum atomic E-state index is 12.8. The number of rotatable bonds is 15. The van der Waals surface area contributed by atoms with Gasteiger partial charge in [-0.15, -0.1) is 0 Å². The second kappa shape index (κ2) is 15.0. The van der Waals surface area contributed by atoms with Crippen LogP contribution < -0.4 is 5.32 Å². The fourth-order valence-corrected chi connectivity index (χ4v) is 6.09. The van der Waals surface area contributed by atoms with Crippen molar-refractivity contribution in [2.45, 2.75) is 111 Å². The molecule has 0 saturated carbocycles. The van der Waals surface area contributed by atoms with Crippen LogP contribution in [0.2, 0.25) is 0 Å². The number of allylic oxidation sites excluding steroid dienone is 1. The topological polar surface area (TPSA) is 44.8 Å². The molecule has 37 heavy (non-hydrogen) atoms. The van der Waals surface area contributed by atoms with Crippen molar-refractivity contribution in [2.24, 2.45) is 5.92 Å². The Morgan fingerprint density at radius 2 is 1.70 bits per heavy atom. The Balaban J connectivity index is 1.43. The van der Waals surface area contributed by atoms with Crippen molar-refractivity contribution < 1.29 is 9.53 Å². The molecule has 4 unspecified atom stereocenters. The smallest absolute Gasteiger partial charge is 0.251 e. The summed E-state index contributed by atoms with van der Waals surface area (Å²) in [5.41, 5.74) is 5.36. The van der Waals surface area contributed by atoms with Crippen molar-refractivity contribution in [3.63, 3.8) is 0 Å². The van der Waals surface area contributed by atoms with Gasteiger partial charge in [0.25, 0.3) is 5.91 Å². The second-order valence-corrected chi connectivity index (χ2v) is 11.6. The Morgan fingerprint density at radius 3 is 2.30 bits per heavy atom. The first-order chi connectivity index (χ1) is 17.9. The number of carbonyl (C=O) groups excluding carboxylic acids is 1. The summed E-state index contributed by atoms with van der Waals surface area (Å²) in [5.74, 6) is 0.424. The average molecular weight is 512 g/mol. The molecule has 0 aromatic heterocycles. The van der Waals surface area contributed by atoms with Crippen LogP contribution in [-0.2, 0) is 11.3 Å². The van der Waals surface area contributed by atoms with E-state index in [4.69, 9.17) is 4.74 Å². The van der Waals surface area contributed by atoms with E-state index in [2.05, 4.69) is 68.9 Å². The van der Waals surface area contributed by atoms with E-state index in [1.807, 2.05) is 12.1 Å². The van der Waals surface area contributed by atoms with E-state index >= 15 is 0 Å². The molecule has 208 valence electrons. The van der Waals surface area contributed by atoms with Crippen molar-refractivity contribution in [3.8, 4) is 0 Å². The number of unbranched alkanes of at least 4 members (excludes halogenated alkanes) is 1. The molecule has 2 bridgehead atoms. The summed E-state index contributed by atoms with van der Waals surface area (Å²) >= 11 is 0. The molecule has 0 radical (unpaired) electrons. The molecule has 1 amide bonds. The predicted octanol–water partition coefficient (Wildman–Crippen LogP) is 6.43. The molecular formula is C32H53N3O2. The van der Waals surface area contributed by atoms with Gasteiger partial charge in [-0.25, -0.2) is 0 Å². The lowest BCUT2D eigenvalue weighted by molar-refractivity contribution is -0.0186. The number of benzene rings is 1. The van der Waals surface area contributed by atoms with Gasteiger partial charge in [0.1, 0.15) is 0 Å². The van der Waals surface area contributed by atoms with Crippen LogP contribution in [0.1, 0.15) is 102 Å². The fraction of sp³-hybridized carbons (Fsp3) is 0.719. The Kier molecular flexibility index (Phi) is 12.1. The first kappa shape index (κ1) is 29.9. The van der Waals surface area contributed by atoms with Gasteiger partial charge in [0.15, 0.2) is 0 Å². The molecule has 4 atom stereocenters. The van der Waals surface area contributed by atoms with Gasteiger partial charge >= 0.3 is 0 Å². The molecule has 1 aromatic rings. The van der Waals surface area contributed by atoms with Crippen LogP contribution in [0.25, 0.3) is 0 Å². The quantitative estimate of drug-likeness (QED) is 0.276.